The molecule has 1 aliphatic heterocycles. The predicted octanol–water partition coefficient (Wildman–Crippen LogP) is 3.05. The SMILES string of the molecule is Cc1cccnc1S(=O)(=O)N1CCCC(NC(=O)[C@@H](N)CC(C)C)C(O)C1.O=C(O)c1cc2sccc2s1. The van der Waals surface area contributed by atoms with E-state index in [1.165, 1.54) is 21.8 Å². The molecule has 38 heavy (non-hydrogen) atoms. The number of nitrogens with zero attached hydrogens (tertiary/aromatic N) is 2. The third-order valence-corrected chi connectivity index (χ3v) is 10.1. The van der Waals surface area contributed by atoms with Gasteiger partial charge in [-0.3, -0.25) is 4.79 Å². The van der Waals surface area contributed by atoms with Gasteiger partial charge in [-0.2, -0.15) is 4.31 Å². The minimum Gasteiger partial charge on any atom is -0.477 e. The number of carbonyl (C=O) groups excluding carboxylic acids is 1. The first-order chi connectivity index (χ1) is 17.9. The summed E-state index contributed by atoms with van der Waals surface area (Å²) < 4.78 is 29.2. The van der Waals surface area contributed by atoms with Crippen LogP contribution in [-0.4, -0.2) is 71.1 Å². The molecule has 2 unspecified atom stereocenters. The second-order valence-corrected chi connectivity index (χ2v) is 13.5. The number of carbonyl (C=O) groups is 2. The first-order valence-electron chi connectivity index (χ1n) is 12.3. The van der Waals surface area contributed by atoms with Gasteiger partial charge in [0, 0.05) is 28.7 Å². The molecule has 1 amide bonds. The third kappa shape index (κ3) is 7.58. The number of hydrogen-bond acceptors (Lipinski definition) is 9. The van der Waals surface area contributed by atoms with Gasteiger partial charge < -0.3 is 21.3 Å². The lowest BCUT2D eigenvalue weighted by molar-refractivity contribution is -0.124. The number of amides is 1. The third-order valence-electron chi connectivity index (χ3n) is 6.06. The molecule has 0 aromatic carbocycles. The summed E-state index contributed by atoms with van der Waals surface area (Å²) in [6.07, 6.45) is 1.98. The fourth-order valence-corrected chi connectivity index (χ4v) is 7.71. The van der Waals surface area contributed by atoms with E-state index >= 15 is 0 Å². The molecule has 0 spiro atoms. The molecule has 3 aromatic rings. The van der Waals surface area contributed by atoms with Crippen LogP contribution >= 0.6 is 22.7 Å². The number of carboxylic acid groups (broad SMARTS) is 1. The van der Waals surface area contributed by atoms with Crippen molar-refractivity contribution in [2.75, 3.05) is 13.1 Å². The van der Waals surface area contributed by atoms with E-state index in [9.17, 15) is 23.1 Å². The van der Waals surface area contributed by atoms with Crippen LogP contribution < -0.4 is 11.1 Å². The molecule has 1 aliphatic rings. The number of aliphatic hydroxyl groups is 1. The van der Waals surface area contributed by atoms with Crippen LogP contribution in [0, 0.1) is 12.8 Å². The quantitative estimate of drug-likeness (QED) is 0.330. The standard InChI is InChI=1S/C18H30N4O4S.C7H4O2S2/c1-12(2)10-14(19)17(24)21-15-7-5-9-22(11-16(15)23)27(25,26)18-13(3)6-4-8-20-18;8-7(9)6-3-5-4(11-6)1-2-10-5/h4,6,8,12,14-16,23H,5,7,9-11,19H2,1-3H3,(H,21,24);1-3H,(H,8,9)/t14-,15?,16?;/m0./s1. The summed E-state index contributed by atoms with van der Waals surface area (Å²) >= 11 is 2.90. The Labute approximate surface area is 230 Å². The molecule has 4 heterocycles. The number of nitrogens with two attached hydrogens (primary N) is 1. The Hall–Kier alpha value is -2.42. The van der Waals surface area contributed by atoms with E-state index < -0.39 is 34.2 Å². The first kappa shape index (κ1) is 30.1. The van der Waals surface area contributed by atoms with Crippen LogP contribution in [-0.2, 0) is 14.8 Å². The van der Waals surface area contributed by atoms with Crippen molar-refractivity contribution in [3.05, 3.63) is 46.3 Å². The Bertz CT molecular complexity index is 1330. The number of thiophene rings is 2. The van der Waals surface area contributed by atoms with E-state index in [4.69, 9.17) is 10.8 Å². The number of fused-ring (bicyclic) bond motifs is 1. The van der Waals surface area contributed by atoms with Gasteiger partial charge in [-0.25, -0.2) is 18.2 Å². The van der Waals surface area contributed by atoms with Crippen LogP contribution in [0.15, 0.2) is 40.9 Å². The van der Waals surface area contributed by atoms with Gasteiger partial charge >= 0.3 is 5.97 Å². The molecule has 0 aliphatic carbocycles. The monoisotopic (exact) mass is 582 g/mol. The zero-order chi connectivity index (χ0) is 28.0. The maximum Gasteiger partial charge on any atom is 0.345 e. The Balaban J connectivity index is 0.000000299. The minimum absolute atomic E-state index is 0.00126. The average molecular weight is 583 g/mol. The normalized spacial score (nSPS) is 19.4. The fourth-order valence-electron chi connectivity index (χ4n) is 4.13. The summed E-state index contributed by atoms with van der Waals surface area (Å²) in [4.78, 5) is 27.2. The maximum absolute atomic E-state index is 12.9. The van der Waals surface area contributed by atoms with E-state index in [2.05, 4.69) is 10.3 Å². The van der Waals surface area contributed by atoms with Crippen LogP contribution in [0.2, 0.25) is 0 Å². The van der Waals surface area contributed by atoms with Crippen molar-refractivity contribution in [2.45, 2.75) is 63.2 Å². The summed E-state index contributed by atoms with van der Waals surface area (Å²) in [5, 5.41) is 23.9. The van der Waals surface area contributed by atoms with Crippen LogP contribution in [0.3, 0.4) is 0 Å². The number of carboxylic acids is 1. The van der Waals surface area contributed by atoms with Crippen molar-refractivity contribution in [3.8, 4) is 0 Å². The van der Waals surface area contributed by atoms with E-state index in [1.54, 1.807) is 36.5 Å². The molecule has 0 saturated carbocycles. The lowest BCUT2D eigenvalue weighted by Crippen LogP contribution is -2.51. The second-order valence-electron chi connectivity index (χ2n) is 9.61. The maximum atomic E-state index is 12.9. The second kappa shape index (κ2) is 13.1. The molecule has 1 saturated heterocycles. The van der Waals surface area contributed by atoms with Crippen molar-refractivity contribution in [1.29, 1.82) is 0 Å². The number of pyridine rings is 1. The summed E-state index contributed by atoms with van der Waals surface area (Å²) in [6.45, 7) is 5.82. The van der Waals surface area contributed by atoms with Crippen molar-refractivity contribution >= 4 is 54.0 Å². The van der Waals surface area contributed by atoms with E-state index in [1.807, 2.05) is 25.3 Å². The minimum atomic E-state index is -3.81. The number of aryl methyl sites for hydroxylation is 1. The molecule has 3 aromatic heterocycles. The molecule has 0 bridgehead atoms. The van der Waals surface area contributed by atoms with Gasteiger partial charge in [0.05, 0.1) is 18.2 Å². The lowest BCUT2D eigenvalue weighted by Gasteiger charge is -2.26. The number of aromatic nitrogens is 1. The molecule has 10 nitrogen and oxygen atoms in total. The number of sulfonamides is 1. The molecule has 13 heteroatoms. The van der Waals surface area contributed by atoms with Crippen LogP contribution in [0.1, 0.15) is 48.3 Å². The molecule has 1 fully saturated rings. The summed E-state index contributed by atoms with van der Waals surface area (Å²) in [5.41, 5.74) is 6.46. The van der Waals surface area contributed by atoms with Crippen LogP contribution in [0.4, 0.5) is 0 Å². The Morgan fingerprint density at radius 1 is 1.29 bits per heavy atom. The van der Waals surface area contributed by atoms with Gasteiger partial charge in [0.25, 0.3) is 10.0 Å². The number of rotatable bonds is 7. The molecule has 0 radical (unpaired) electrons. The number of aliphatic hydroxyl groups excluding tert-OH is 1. The highest BCUT2D eigenvalue weighted by Crippen LogP contribution is 2.29. The summed E-state index contributed by atoms with van der Waals surface area (Å²) in [6, 6.07) is 5.85. The van der Waals surface area contributed by atoms with Gasteiger partial charge in [0.2, 0.25) is 5.91 Å². The number of nitrogens with one attached hydrogen (secondary N) is 1. The van der Waals surface area contributed by atoms with Gasteiger partial charge in [-0.15, -0.1) is 22.7 Å². The van der Waals surface area contributed by atoms with Crippen molar-refractivity contribution in [2.24, 2.45) is 11.7 Å². The van der Waals surface area contributed by atoms with Gasteiger partial charge in [-0.1, -0.05) is 19.9 Å². The summed E-state index contributed by atoms with van der Waals surface area (Å²) in [7, 11) is -3.81. The highest BCUT2D eigenvalue weighted by molar-refractivity contribution is 7.89. The van der Waals surface area contributed by atoms with Crippen molar-refractivity contribution in [1.82, 2.24) is 14.6 Å². The highest BCUT2D eigenvalue weighted by atomic mass is 32.2. The molecule has 208 valence electrons. The van der Waals surface area contributed by atoms with E-state index in [0.717, 1.165) is 9.40 Å². The topological polar surface area (TPSA) is 163 Å². The first-order valence-corrected chi connectivity index (χ1v) is 15.4. The average Bonchev–Trinajstić information content (AvgIpc) is 3.40. The molecular weight excluding hydrogens is 548 g/mol. The molecule has 4 rings (SSSR count). The van der Waals surface area contributed by atoms with Crippen molar-refractivity contribution < 1.29 is 28.2 Å². The zero-order valence-electron chi connectivity index (χ0n) is 21.5. The van der Waals surface area contributed by atoms with Crippen LogP contribution in [0.5, 0.6) is 0 Å². The number of aromatic carboxylic acids is 1. The molecule has 5 N–H and O–H groups in total. The lowest BCUT2D eigenvalue weighted by atomic mass is 10.0. The van der Waals surface area contributed by atoms with Crippen LogP contribution in [0.25, 0.3) is 9.40 Å². The Kier molecular flexibility index (Phi) is 10.4. The predicted molar refractivity (Wildman–Crippen MR) is 149 cm³/mol. The molecule has 3 atom stereocenters. The number of hydrogen-bond donors (Lipinski definition) is 4. The highest BCUT2D eigenvalue weighted by Gasteiger charge is 2.35. The fraction of sp³-hybridized carbons (Fsp3) is 0.480. The zero-order valence-corrected chi connectivity index (χ0v) is 24.0. The summed E-state index contributed by atoms with van der Waals surface area (Å²) in [5.74, 6) is -0.866. The van der Waals surface area contributed by atoms with E-state index in [-0.39, 0.29) is 29.9 Å². The molecular formula is C25H34N4O6S3. The van der Waals surface area contributed by atoms with Crippen molar-refractivity contribution in [3.63, 3.8) is 0 Å². The smallest absolute Gasteiger partial charge is 0.345 e. The van der Waals surface area contributed by atoms with E-state index in [0.29, 0.717) is 29.7 Å². The Morgan fingerprint density at radius 3 is 2.66 bits per heavy atom. The Morgan fingerprint density at radius 2 is 2.03 bits per heavy atom. The van der Waals surface area contributed by atoms with Gasteiger partial charge in [0.1, 0.15) is 4.88 Å². The number of β-amino-alcohol motifs (C(OH)–C–C–N with tert-alkyl or cyclic N) is 1. The van der Waals surface area contributed by atoms with Gasteiger partial charge in [0.15, 0.2) is 5.03 Å². The largest absolute Gasteiger partial charge is 0.477 e. The van der Waals surface area contributed by atoms with Gasteiger partial charge in [-0.05, 0) is 61.2 Å².